The molecule has 1 aromatic rings. The van der Waals surface area contributed by atoms with Gasteiger partial charge in [-0.25, -0.2) is 9.59 Å². The predicted octanol–water partition coefficient (Wildman–Crippen LogP) is 3.05. The number of benzene rings is 1. The smallest absolute Gasteiger partial charge is 0.337 e. The Hall–Kier alpha value is -2.22. The fraction of sp³-hybridized carbons (Fsp3) is 0.412. The van der Waals surface area contributed by atoms with Gasteiger partial charge in [-0.2, -0.15) is 0 Å². The maximum Gasteiger partial charge on any atom is 0.337 e. The number of rotatable bonds is 6. The standard InChI is InChI=1S/C17H21BrN2O5/c1-5-11-13(16(21)24-4)14(20-17(22)19-11)9-7-10(18)15(23-3)12(8-9)25-6-2/h7-8,14H,5-6H2,1-4H3,(H2,19,20,22). The Labute approximate surface area is 154 Å². The Morgan fingerprint density at radius 2 is 2.00 bits per heavy atom. The Bertz CT molecular complexity index is 717. The van der Waals surface area contributed by atoms with Gasteiger partial charge in [-0.05, 0) is 47.0 Å². The van der Waals surface area contributed by atoms with Crippen molar-refractivity contribution in [3.63, 3.8) is 0 Å². The molecule has 1 aliphatic heterocycles. The van der Waals surface area contributed by atoms with Crippen LogP contribution in [0.15, 0.2) is 27.9 Å². The number of methoxy groups -OCH3 is 2. The van der Waals surface area contributed by atoms with E-state index in [1.165, 1.54) is 7.11 Å². The quantitative estimate of drug-likeness (QED) is 0.701. The van der Waals surface area contributed by atoms with Crippen LogP contribution in [-0.2, 0) is 9.53 Å². The zero-order chi connectivity index (χ0) is 18.6. The highest BCUT2D eigenvalue weighted by Gasteiger charge is 2.33. The third-order valence-electron chi connectivity index (χ3n) is 3.78. The van der Waals surface area contributed by atoms with Crippen LogP contribution in [0.1, 0.15) is 31.9 Å². The van der Waals surface area contributed by atoms with Gasteiger partial charge in [0.05, 0.1) is 36.9 Å². The normalized spacial score (nSPS) is 16.8. The third-order valence-corrected chi connectivity index (χ3v) is 4.37. The number of amides is 2. The van der Waals surface area contributed by atoms with Gasteiger partial charge < -0.3 is 24.8 Å². The molecule has 0 fully saturated rings. The highest BCUT2D eigenvalue weighted by atomic mass is 79.9. The van der Waals surface area contributed by atoms with E-state index in [2.05, 4.69) is 26.6 Å². The summed E-state index contributed by atoms with van der Waals surface area (Å²) in [6, 6.07) is 2.50. The van der Waals surface area contributed by atoms with E-state index in [0.717, 1.165) is 0 Å². The van der Waals surface area contributed by atoms with Crippen LogP contribution in [0.4, 0.5) is 4.79 Å². The summed E-state index contributed by atoms with van der Waals surface area (Å²) in [5, 5.41) is 5.44. The fourth-order valence-electron chi connectivity index (χ4n) is 2.71. The monoisotopic (exact) mass is 412 g/mol. The molecule has 2 amide bonds. The van der Waals surface area contributed by atoms with Crippen molar-refractivity contribution >= 4 is 27.9 Å². The van der Waals surface area contributed by atoms with Crippen molar-refractivity contribution in [2.75, 3.05) is 20.8 Å². The minimum atomic E-state index is -0.655. The number of carbonyl (C=O) groups excluding carboxylic acids is 2. The molecule has 1 heterocycles. The van der Waals surface area contributed by atoms with Crippen LogP contribution < -0.4 is 20.1 Å². The number of hydrogen-bond donors (Lipinski definition) is 2. The number of ether oxygens (including phenoxy) is 3. The minimum Gasteiger partial charge on any atom is -0.492 e. The van der Waals surface area contributed by atoms with Crippen LogP contribution in [-0.4, -0.2) is 32.8 Å². The molecule has 1 aromatic carbocycles. The molecule has 8 heteroatoms. The minimum absolute atomic E-state index is 0.365. The lowest BCUT2D eigenvalue weighted by atomic mass is 9.94. The number of carbonyl (C=O) groups is 2. The van der Waals surface area contributed by atoms with E-state index < -0.39 is 12.0 Å². The van der Waals surface area contributed by atoms with Crippen molar-refractivity contribution in [1.82, 2.24) is 10.6 Å². The number of allylic oxidation sites excluding steroid dienone is 1. The molecule has 1 aliphatic rings. The third kappa shape index (κ3) is 3.89. The summed E-state index contributed by atoms with van der Waals surface area (Å²) in [4.78, 5) is 24.3. The van der Waals surface area contributed by atoms with Crippen LogP contribution >= 0.6 is 15.9 Å². The average Bonchev–Trinajstić information content (AvgIpc) is 2.60. The molecular formula is C17H21BrN2O5. The first-order chi connectivity index (χ1) is 12.0. The lowest BCUT2D eigenvalue weighted by molar-refractivity contribution is -0.136. The van der Waals surface area contributed by atoms with Gasteiger partial charge in [-0.3, -0.25) is 0 Å². The van der Waals surface area contributed by atoms with Gasteiger partial charge in [-0.1, -0.05) is 6.92 Å². The van der Waals surface area contributed by atoms with E-state index in [0.29, 0.717) is 45.8 Å². The summed E-state index contributed by atoms with van der Waals surface area (Å²) in [6.07, 6.45) is 0.490. The predicted molar refractivity (Wildman–Crippen MR) is 95.6 cm³/mol. The second kappa shape index (κ2) is 8.24. The first kappa shape index (κ1) is 19.1. The van der Waals surface area contributed by atoms with Crippen LogP contribution in [0.3, 0.4) is 0 Å². The molecule has 0 aliphatic carbocycles. The van der Waals surface area contributed by atoms with Gasteiger partial charge in [-0.15, -0.1) is 0 Å². The van der Waals surface area contributed by atoms with Gasteiger partial charge in [0.15, 0.2) is 11.5 Å². The lowest BCUT2D eigenvalue weighted by Crippen LogP contribution is -2.45. The zero-order valence-electron chi connectivity index (χ0n) is 14.6. The first-order valence-electron chi connectivity index (χ1n) is 7.85. The Morgan fingerprint density at radius 3 is 2.56 bits per heavy atom. The topological polar surface area (TPSA) is 85.9 Å². The fourth-order valence-corrected chi connectivity index (χ4v) is 3.34. The average molecular weight is 413 g/mol. The van der Waals surface area contributed by atoms with E-state index in [-0.39, 0.29) is 6.03 Å². The van der Waals surface area contributed by atoms with Crippen LogP contribution in [0, 0.1) is 0 Å². The van der Waals surface area contributed by atoms with Gasteiger partial charge in [0, 0.05) is 5.70 Å². The van der Waals surface area contributed by atoms with Crippen LogP contribution in [0.5, 0.6) is 11.5 Å². The van der Waals surface area contributed by atoms with Crippen molar-refractivity contribution in [3.8, 4) is 11.5 Å². The van der Waals surface area contributed by atoms with Crippen LogP contribution in [0.2, 0.25) is 0 Å². The highest BCUT2D eigenvalue weighted by Crippen LogP contribution is 2.40. The molecule has 1 atom stereocenters. The number of hydrogen-bond acceptors (Lipinski definition) is 5. The zero-order valence-corrected chi connectivity index (χ0v) is 16.2. The Kier molecular flexibility index (Phi) is 6.30. The van der Waals surface area contributed by atoms with Crippen molar-refractivity contribution in [1.29, 1.82) is 0 Å². The van der Waals surface area contributed by atoms with E-state index in [1.54, 1.807) is 19.2 Å². The Balaban J connectivity index is 2.61. The van der Waals surface area contributed by atoms with Gasteiger partial charge >= 0.3 is 12.0 Å². The molecule has 0 bridgehead atoms. The number of urea groups is 1. The second-order valence-electron chi connectivity index (χ2n) is 5.24. The Morgan fingerprint density at radius 1 is 1.28 bits per heavy atom. The first-order valence-corrected chi connectivity index (χ1v) is 8.65. The molecule has 7 nitrogen and oxygen atoms in total. The van der Waals surface area contributed by atoms with Gasteiger partial charge in [0.25, 0.3) is 0 Å². The van der Waals surface area contributed by atoms with E-state index in [4.69, 9.17) is 14.2 Å². The van der Waals surface area contributed by atoms with Crippen molar-refractivity contribution in [2.45, 2.75) is 26.3 Å². The largest absolute Gasteiger partial charge is 0.492 e. The SMILES string of the molecule is CCOc1cc(C2NC(=O)NC(CC)=C2C(=O)OC)cc(Br)c1OC. The summed E-state index contributed by atoms with van der Waals surface area (Å²) >= 11 is 3.45. The molecule has 136 valence electrons. The lowest BCUT2D eigenvalue weighted by Gasteiger charge is -2.29. The number of nitrogens with one attached hydrogen (secondary N) is 2. The van der Waals surface area contributed by atoms with E-state index in [1.807, 2.05) is 13.8 Å². The van der Waals surface area contributed by atoms with Crippen LogP contribution in [0.25, 0.3) is 0 Å². The molecule has 0 radical (unpaired) electrons. The molecule has 0 aromatic heterocycles. The molecule has 1 unspecified atom stereocenters. The van der Waals surface area contributed by atoms with Crippen molar-refractivity contribution < 1.29 is 23.8 Å². The maximum atomic E-state index is 12.3. The molecule has 2 rings (SSSR count). The molecule has 0 spiro atoms. The summed E-state index contributed by atoms with van der Waals surface area (Å²) in [5.74, 6) is 0.564. The molecule has 25 heavy (non-hydrogen) atoms. The molecular weight excluding hydrogens is 392 g/mol. The number of halogens is 1. The summed E-state index contributed by atoms with van der Waals surface area (Å²) in [7, 11) is 2.86. The summed E-state index contributed by atoms with van der Waals surface area (Å²) < 4.78 is 16.5. The molecule has 2 N–H and O–H groups in total. The van der Waals surface area contributed by atoms with Crippen molar-refractivity contribution in [3.05, 3.63) is 33.4 Å². The maximum absolute atomic E-state index is 12.3. The molecule has 0 saturated heterocycles. The van der Waals surface area contributed by atoms with Gasteiger partial charge in [0.1, 0.15) is 0 Å². The van der Waals surface area contributed by atoms with Gasteiger partial charge in [0.2, 0.25) is 0 Å². The number of esters is 1. The second-order valence-corrected chi connectivity index (χ2v) is 6.09. The summed E-state index contributed by atoms with van der Waals surface area (Å²) in [6.45, 7) is 4.17. The molecule has 0 saturated carbocycles. The van der Waals surface area contributed by atoms with E-state index in [9.17, 15) is 9.59 Å². The highest BCUT2D eigenvalue weighted by molar-refractivity contribution is 9.10. The van der Waals surface area contributed by atoms with Crippen molar-refractivity contribution in [2.24, 2.45) is 0 Å². The van der Waals surface area contributed by atoms with E-state index >= 15 is 0 Å². The summed E-state index contributed by atoms with van der Waals surface area (Å²) in [5.41, 5.74) is 1.58.